The molecule has 4 aromatic rings. The maximum absolute atomic E-state index is 11.7. The average molecular weight is 336 g/mol. The summed E-state index contributed by atoms with van der Waals surface area (Å²) in [6.45, 7) is 2.08. The molecular weight excluding hydrogens is 319 g/mol. The molecule has 24 heavy (non-hydrogen) atoms. The maximum atomic E-state index is 11.7. The molecule has 0 aliphatic rings. The van der Waals surface area contributed by atoms with Gasteiger partial charge in [-0.2, -0.15) is 0 Å². The van der Waals surface area contributed by atoms with Crippen LogP contribution in [0.1, 0.15) is 11.1 Å². The normalized spacial score (nSPS) is 12.3. The number of fused-ring (bicyclic) bond motifs is 4. The van der Waals surface area contributed by atoms with Crippen molar-refractivity contribution < 1.29 is 14.4 Å². The third-order valence-electron chi connectivity index (χ3n) is 4.65. The Morgan fingerprint density at radius 3 is 2.12 bits per heavy atom. The van der Waals surface area contributed by atoms with Crippen LogP contribution < -0.4 is 0 Å². The Bertz CT molecular complexity index is 1140. The predicted octanol–water partition coefficient (Wildman–Crippen LogP) is 5.13. The van der Waals surface area contributed by atoms with Gasteiger partial charge in [-0.1, -0.05) is 60.7 Å². The lowest BCUT2D eigenvalue weighted by Crippen LogP contribution is -1.95. The largest absolute Gasteiger partial charge is 0.329 e. The summed E-state index contributed by atoms with van der Waals surface area (Å²) < 4.78 is 11.7. The standard InChI is InChI=1S/C20H17O3P/c1-13-15-7-4-5-9-17(15)19(12-24(21,22)23)18-11-10-14-6-2-3-8-16(14)20(13)18/h2-11H,12H2,1H3,(H2,21,22,23). The summed E-state index contributed by atoms with van der Waals surface area (Å²) in [5.41, 5.74) is 1.87. The molecule has 3 nitrogen and oxygen atoms in total. The number of aryl methyl sites for hydroxylation is 1. The van der Waals surface area contributed by atoms with Gasteiger partial charge >= 0.3 is 7.60 Å². The fraction of sp³-hybridized carbons (Fsp3) is 0.100. The van der Waals surface area contributed by atoms with Crippen LogP contribution in [0, 0.1) is 6.92 Å². The summed E-state index contributed by atoms with van der Waals surface area (Å²) in [6.07, 6.45) is -0.247. The predicted molar refractivity (Wildman–Crippen MR) is 99.4 cm³/mol. The highest BCUT2D eigenvalue weighted by molar-refractivity contribution is 7.50. The molecule has 2 N–H and O–H groups in total. The van der Waals surface area contributed by atoms with E-state index in [-0.39, 0.29) is 6.16 Å². The van der Waals surface area contributed by atoms with E-state index in [9.17, 15) is 14.4 Å². The quantitative estimate of drug-likeness (QED) is 0.303. The Kier molecular flexibility index (Phi) is 3.47. The number of hydrogen-bond acceptors (Lipinski definition) is 1. The van der Waals surface area contributed by atoms with Crippen LogP contribution in [0.15, 0.2) is 60.7 Å². The number of rotatable bonds is 2. The molecule has 0 atom stereocenters. The lowest BCUT2D eigenvalue weighted by molar-refractivity contribution is 0.372. The molecule has 0 radical (unpaired) electrons. The van der Waals surface area contributed by atoms with Crippen molar-refractivity contribution in [2.75, 3.05) is 0 Å². The summed E-state index contributed by atoms with van der Waals surface area (Å²) in [7, 11) is -4.17. The van der Waals surface area contributed by atoms with Crippen molar-refractivity contribution in [3.05, 3.63) is 71.8 Å². The van der Waals surface area contributed by atoms with Crippen molar-refractivity contribution in [1.82, 2.24) is 0 Å². The Hall–Kier alpha value is -2.19. The van der Waals surface area contributed by atoms with Gasteiger partial charge in [0, 0.05) is 0 Å². The van der Waals surface area contributed by atoms with Gasteiger partial charge in [-0.05, 0) is 50.4 Å². The van der Waals surface area contributed by atoms with E-state index in [1.807, 2.05) is 48.5 Å². The zero-order valence-corrected chi connectivity index (χ0v) is 14.1. The highest BCUT2D eigenvalue weighted by Crippen LogP contribution is 2.45. The highest BCUT2D eigenvalue weighted by atomic mass is 31.2. The van der Waals surface area contributed by atoms with E-state index in [1.165, 1.54) is 0 Å². The molecule has 0 aliphatic heterocycles. The first-order valence-electron chi connectivity index (χ1n) is 7.82. The minimum Gasteiger partial charge on any atom is -0.324 e. The Balaban J connectivity index is 2.27. The summed E-state index contributed by atoms with van der Waals surface area (Å²) in [5.74, 6) is 0. The molecule has 0 heterocycles. The van der Waals surface area contributed by atoms with Gasteiger partial charge in [0.15, 0.2) is 0 Å². The van der Waals surface area contributed by atoms with Gasteiger partial charge in [-0.25, -0.2) is 0 Å². The molecule has 4 rings (SSSR count). The van der Waals surface area contributed by atoms with Crippen molar-refractivity contribution in [2.45, 2.75) is 13.1 Å². The SMILES string of the molecule is Cc1c2ccccc2c(CP(=O)(O)O)c2ccc3ccccc3c12. The fourth-order valence-electron chi connectivity index (χ4n) is 3.66. The van der Waals surface area contributed by atoms with E-state index in [4.69, 9.17) is 0 Å². The minimum absolute atomic E-state index is 0.247. The topological polar surface area (TPSA) is 57.5 Å². The van der Waals surface area contributed by atoms with Crippen LogP contribution in [0.3, 0.4) is 0 Å². The molecule has 4 aromatic carbocycles. The van der Waals surface area contributed by atoms with E-state index in [0.29, 0.717) is 0 Å². The van der Waals surface area contributed by atoms with Crippen LogP contribution in [-0.2, 0) is 10.7 Å². The van der Waals surface area contributed by atoms with E-state index < -0.39 is 7.60 Å². The van der Waals surface area contributed by atoms with Gasteiger partial charge < -0.3 is 9.79 Å². The first-order valence-corrected chi connectivity index (χ1v) is 9.62. The van der Waals surface area contributed by atoms with Gasteiger partial charge in [0.25, 0.3) is 0 Å². The van der Waals surface area contributed by atoms with Gasteiger partial charge in [0.1, 0.15) is 0 Å². The second-order valence-corrected chi connectivity index (χ2v) is 7.83. The molecule has 4 heteroatoms. The van der Waals surface area contributed by atoms with Crippen LogP contribution in [0.2, 0.25) is 0 Å². The van der Waals surface area contributed by atoms with Gasteiger partial charge in [0.2, 0.25) is 0 Å². The maximum Gasteiger partial charge on any atom is 0.329 e. The van der Waals surface area contributed by atoms with Crippen molar-refractivity contribution in [3.8, 4) is 0 Å². The van der Waals surface area contributed by atoms with Crippen molar-refractivity contribution >= 4 is 39.9 Å². The number of hydrogen-bond donors (Lipinski definition) is 2. The third-order valence-corrected chi connectivity index (χ3v) is 5.38. The second-order valence-electron chi connectivity index (χ2n) is 6.18. The van der Waals surface area contributed by atoms with E-state index >= 15 is 0 Å². The van der Waals surface area contributed by atoms with Crippen LogP contribution in [0.4, 0.5) is 0 Å². The van der Waals surface area contributed by atoms with Crippen LogP contribution in [-0.4, -0.2) is 9.79 Å². The Morgan fingerprint density at radius 2 is 1.42 bits per heavy atom. The Morgan fingerprint density at radius 1 is 0.792 bits per heavy atom. The van der Waals surface area contributed by atoms with Crippen molar-refractivity contribution in [2.24, 2.45) is 0 Å². The molecule has 0 bridgehead atoms. The second kappa shape index (κ2) is 5.42. The lowest BCUT2D eigenvalue weighted by Gasteiger charge is -2.17. The highest BCUT2D eigenvalue weighted by Gasteiger charge is 2.20. The van der Waals surface area contributed by atoms with Gasteiger partial charge in [-0.15, -0.1) is 0 Å². The zero-order chi connectivity index (χ0) is 16.9. The molecule has 0 aliphatic carbocycles. The van der Waals surface area contributed by atoms with E-state index in [2.05, 4.69) is 19.1 Å². The molecule has 0 aromatic heterocycles. The third kappa shape index (κ3) is 2.42. The van der Waals surface area contributed by atoms with Crippen molar-refractivity contribution in [3.63, 3.8) is 0 Å². The molecule has 0 fully saturated rings. The summed E-state index contributed by atoms with van der Waals surface area (Å²) in [5, 5.41) is 6.21. The number of benzene rings is 4. The molecule has 0 saturated carbocycles. The van der Waals surface area contributed by atoms with E-state index in [0.717, 1.165) is 43.4 Å². The van der Waals surface area contributed by atoms with Gasteiger partial charge in [0.05, 0.1) is 6.16 Å². The molecule has 0 spiro atoms. The smallest absolute Gasteiger partial charge is 0.324 e. The molecule has 0 saturated heterocycles. The van der Waals surface area contributed by atoms with Crippen molar-refractivity contribution in [1.29, 1.82) is 0 Å². The van der Waals surface area contributed by atoms with Crippen LogP contribution >= 0.6 is 7.60 Å². The van der Waals surface area contributed by atoms with E-state index in [1.54, 1.807) is 0 Å². The fourth-order valence-corrected chi connectivity index (χ4v) is 4.41. The van der Waals surface area contributed by atoms with Crippen LogP contribution in [0.5, 0.6) is 0 Å². The molecule has 120 valence electrons. The van der Waals surface area contributed by atoms with Gasteiger partial charge in [-0.3, -0.25) is 4.57 Å². The monoisotopic (exact) mass is 336 g/mol. The first kappa shape index (κ1) is 15.3. The average Bonchev–Trinajstić information content (AvgIpc) is 2.57. The van der Waals surface area contributed by atoms with Crippen LogP contribution in [0.25, 0.3) is 32.3 Å². The zero-order valence-electron chi connectivity index (χ0n) is 13.2. The molecular formula is C20H17O3P. The molecule has 0 amide bonds. The minimum atomic E-state index is -4.17. The summed E-state index contributed by atoms with van der Waals surface area (Å²) >= 11 is 0. The lowest BCUT2D eigenvalue weighted by atomic mass is 9.90. The Labute approximate surface area is 139 Å². The summed E-state index contributed by atoms with van der Waals surface area (Å²) in [6, 6.07) is 20.0. The first-order chi connectivity index (χ1) is 11.5. The summed E-state index contributed by atoms with van der Waals surface area (Å²) in [4.78, 5) is 19.2. The molecule has 0 unspecified atom stereocenters.